The van der Waals surface area contributed by atoms with Gasteiger partial charge in [-0.15, -0.1) is 0 Å². The molecular weight excluding hydrogens is 226 g/mol. The van der Waals surface area contributed by atoms with Crippen molar-refractivity contribution < 1.29 is 20.2 Å². The second-order valence-corrected chi connectivity index (χ2v) is 3.42. The van der Waals surface area contributed by atoms with Crippen LogP contribution in [0.3, 0.4) is 0 Å². The quantitative estimate of drug-likeness (QED) is 0.166. The van der Waals surface area contributed by atoms with Crippen LogP contribution in [0, 0.1) is 0 Å². The molecule has 0 spiro atoms. The van der Waals surface area contributed by atoms with Gasteiger partial charge in [0.25, 0.3) is 5.91 Å². The van der Waals surface area contributed by atoms with Gasteiger partial charge in [0.2, 0.25) is 0 Å². The SMILES string of the molecule is CC(NC(=O)c1ccc(O)c(O)c1)/C(N)=N/O. The standard InChI is InChI=1S/C10H13N3O4/c1-5(9(11)13-17)12-10(16)6-2-3-7(14)8(15)4-6/h2-5,14-15,17H,1H3,(H2,11,13)(H,12,16). The third-order valence-electron chi connectivity index (χ3n) is 2.14. The van der Waals surface area contributed by atoms with Crippen LogP contribution in [0.2, 0.25) is 0 Å². The molecule has 1 atom stereocenters. The van der Waals surface area contributed by atoms with Gasteiger partial charge in [0.05, 0.1) is 6.04 Å². The van der Waals surface area contributed by atoms with Gasteiger partial charge in [0.1, 0.15) is 0 Å². The van der Waals surface area contributed by atoms with Crippen molar-refractivity contribution in [2.45, 2.75) is 13.0 Å². The zero-order valence-corrected chi connectivity index (χ0v) is 9.08. The monoisotopic (exact) mass is 239 g/mol. The Hall–Kier alpha value is -2.44. The molecule has 17 heavy (non-hydrogen) atoms. The number of benzene rings is 1. The number of rotatable bonds is 3. The molecule has 1 unspecified atom stereocenters. The maximum absolute atomic E-state index is 11.6. The van der Waals surface area contributed by atoms with Gasteiger partial charge in [-0.2, -0.15) is 0 Å². The van der Waals surface area contributed by atoms with Crippen molar-refractivity contribution in [2.24, 2.45) is 10.9 Å². The predicted octanol–water partition coefficient (Wildman–Crippen LogP) is -0.0375. The zero-order chi connectivity index (χ0) is 13.0. The Morgan fingerprint density at radius 2 is 2.06 bits per heavy atom. The summed E-state index contributed by atoms with van der Waals surface area (Å²) in [6, 6.07) is 2.99. The summed E-state index contributed by atoms with van der Waals surface area (Å²) in [5, 5.41) is 31.9. The fourth-order valence-corrected chi connectivity index (χ4v) is 1.11. The molecule has 1 rings (SSSR count). The second kappa shape index (κ2) is 5.06. The highest BCUT2D eigenvalue weighted by atomic mass is 16.4. The fourth-order valence-electron chi connectivity index (χ4n) is 1.11. The minimum atomic E-state index is -0.650. The molecule has 1 aromatic carbocycles. The maximum atomic E-state index is 11.6. The first-order valence-corrected chi connectivity index (χ1v) is 4.76. The number of hydrogen-bond acceptors (Lipinski definition) is 5. The molecule has 0 heterocycles. The number of nitrogens with zero attached hydrogens (tertiary/aromatic N) is 1. The van der Waals surface area contributed by atoms with Gasteiger partial charge >= 0.3 is 0 Å². The first-order chi connectivity index (χ1) is 7.95. The molecule has 0 aliphatic rings. The van der Waals surface area contributed by atoms with Crippen molar-refractivity contribution >= 4 is 11.7 Å². The van der Waals surface area contributed by atoms with E-state index in [0.29, 0.717) is 0 Å². The first kappa shape index (κ1) is 12.6. The van der Waals surface area contributed by atoms with E-state index in [9.17, 15) is 9.90 Å². The van der Waals surface area contributed by atoms with Crippen molar-refractivity contribution in [1.82, 2.24) is 5.32 Å². The fraction of sp³-hybridized carbons (Fsp3) is 0.200. The summed E-state index contributed by atoms with van der Waals surface area (Å²) >= 11 is 0. The van der Waals surface area contributed by atoms with Crippen LogP contribution in [0.1, 0.15) is 17.3 Å². The Balaban J connectivity index is 2.80. The summed E-state index contributed by atoms with van der Waals surface area (Å²) in [5.41, 5.74) is 5.44. The van der Waals surface area contributed by atoms with E-state index < -0.39 is 17.7 Å². The highest BCUT2D eigenvalue weighted by Gasteiger charge is 2.14. The van der Waals surface area contributed by atoms with E-state index in [-0.39, 0.29) is 17.1 Å². The van der Waals surface area contributed by atoms with Gasteiger partial charge in [-0.3, -0.25) is 4.79 Å². The molecule has 92 valence electrons. The second-order valence-electron chi connectivity index (χ2n) is 3.42. The van der Waals surface area contributed by atoms with E-state index in [2.05, 4.69) is 10.5 Å². The Kier molecular flexibility index (Phi) is 3.76. The third kappa shape index (κ3) is 3.00. The van der Waals surface area contributed by atoms with Crippen LogP contribution in [-0.4, -0.2) is 33.2 Å². The normalized spacial score (nSPS) is 13.1. The van der Waals surface area contributed by atoms with Crippen molar-refractivity contribution in [1.29, 1.82) is 0 Å². The number of phenols is 2. The van der Waals surface area contributed by atoms with Crippen molar-refractivity contribution in [2.75, 3.05) is 0 Å². The van der Waals surface area contributed by atoms with Gasteiger partial charge in [-0.1, -0.05) is 5.16 Å². The van der Waals surface area contributed by atoms with Crippen LogP contribution in [0.4, 0.5) is 0 Å². The van der Waals surface area contributed by atoms with E-state index in [1.165, 1.54) is 19.1 Å². The number of carbonyl (C=O) groups excluding carboxylic acids is 1. The molecule has 1 aromatic rings. The summed E-state index contributed by atoms with van der Waals surface area (Å²) in [7, 11) is 0. The number of hydrogen-bond donors (Lipinski definition) is 5. The van der Waals surface area contributed by atoms with E-state index in [1.54, 1.807) is 0 Å². The number of amides is 1. The highest BCUT2D eigenvalue weighted by molar-refractivity contribution is 5.98. The average molecular weight is 239 g/mol. The lowest BCUT2D eigenvalue weighted by molar-refractivity contribution is 0.0948. The number of oxime groups is 1. The van der Waals surface area contributed by atoms with Crippen LogP contribution in [0.5, 0.6) is 11.5 Å². The summed E-state index contributed by atoms with van der Waals surface area (Å²) in [6.45, 7) is 1.53. The molecule has 0 saturated heterocycles. The van der Waals surface area contributed by atoms with E-state index >= 15 is 0 Å². The minimum Gasteiger partial charge on any atom is -0.504 e. The number of nitrogens with one attached hydrogen (secondary N) is 1. The predicted molar refractivity (Wildman–Crippen MR) is 60.1 cm³/mol. The molecule has 0 radical (unpaired) electrons. The molecule has 0 bridgehead atoms. The van der Waals surface area contributed by atoms with Crippen LogP contribution in [0.25, 0.3) is 0 Å². The van der Waals surface area contributed by atoms with Gasteiger partial charge in [-0.25, -0.2) is 0 Å². The van der Waals surface area contributed by atoms with Crippen LogP contribution in [-0.2, 0) is 0 Å². The molecule has 7 heteroatoms. The van der Waals surface area contributed by atoms with E-state index in [4.69, 9.17) is 16.0 Å². The van der Waals surface area contributed by atoms with Crippen LogP contribution >= 0.6 is 0 Å². The van der Waals surface area contributed by atoms with Gasteiger partial charge < -0.3 is 26.5 Å². The topological polar surface area (TPSA) is 128 Å². The maximum Gasteiger partial charge on any atom is 0.252 e. The highest BCUT2D eigenvalue weighted by Crippen LogP contribution is 2.24. The lowest BCUT2D eigenvalue weighted by Gasteiger charge is -2.12. The Bertz CT molecular complexity index is 459. The number of phenolic OH excluding ortho intramolecular Hbond substituents is 2. The van der Waals surface area contributed by atoms with Crippen LogP contribution < -0.4 is 11.1 Å². The molecule has 6 N–H and O–H groups in total. The zero-order valence-electron chi connectivity index (χ0n) is 9.08. The average Bonchev–Trinajstić information content (AvgIpc) is 2.31. The van der Waals surface area contributed by atoms with Gasteiger partial charge in [-0.05, 0) is 25.1 Å². The molecule has 7 nitrogen and oxygen atoms in total. The Morgan fingerprint density at radius 1 is 1.41 bits per heavy atom. The van der Waals surface area contributed by atoms with Crippen molar-refractivity contribution in [3.8, 4) is 11.5 Å². The number of amidine groups is 1. The molecular formula is C10H13N3O4. The van der Waals surface area contributed by atoms with Crippen molar-refractivity contribution in [3.05, 3.63) is 23.8 Å². The third-order valence-corrected chi connectivity index (χ3v) is 2.14. The lowest BCUT2D eigenvalue weighted by Crippen LogP contribution is -2.42. The van der Waals surface area contributed by atoms with Gasteiger partial charge in [0.15, 0.2) is 17.3 Å². The summed E-state index contributed by atoms with van der Waals surface area (Å²) < 4.78 is 0. The molecule has 0 aliphatic heterocycles. The number of nitrogens with two attached hydrogens (primary N) is 1. The summed E-state index contributed by atoms with van der Waals surface area (Å²) in [5.74, 6) is -1.36. The molecule has 0 aromatic heterocycles. The molecule has 1 amide bonds. The largest absolute Gasteiger partial charge is 0.504 e. The summed E-state index contributed by atoms with van der Waals surface area (Å²) in [6.07, 6.45) is 0. The molecule has 0 aliphatic carbocycles. The Labute approximate surface area is 97.2 Å². The first-order valence-electron chi connectivity index (χ1n) is 4.76. The number of aromatic hydroxyl groups is 2. The number of carbonyl (C=O) groups is 1. The lowest BCUT2D eigenvalue weighted by atomic mass is 10.1. The van der Waals surface area contributed by atoms with Gasteiger partial charge in [0, 0.05) is 5.56 Å². The molecule has 0 fully saturated rings. The Morgan fingerprint density at radius 3 is 2.59 bits per heavy atom. The smallest absolute Gasteiger partial charge is 0.252 e. The van der Waals surface area contributed by atoms with Crippen molar-refractivity contribution in [3.63, 3.8) is 0 Å². The van der Waals surface area contributed by atoms with E-state index in [1.807, 2.05) is 0 Å². The summed E-state index contributed by atoms with van der Waals surface area (Å²) in [4.78, 5) is 11.6. The minimum absolute atomic E-state index is 0.138. The van der Waals surface area contributed by atoms with E-state index in [0.717, 1.165) is 6.07 Å². The van der Waals surface area contributed by atoms with Crippen LogP contribution in [0.15, 0.2) is 23.4 Å². The molecule has 0 saturated carbocycles.